The first-order valence-electron chi connectivity index (χ1n) is 2.98. The first-order valence-corrected chi connectivity index (χ1v) is 2.98. The van der Waals surface area contributed by atoms with Gasteiger partial charge in [0.1, 0.15) is 18.4 Å². The second kappa shape index (κ2) is 4.47. The highest BCUT2D eigenvalue weighted by Gasteiger charge is 2.06. The topological polar surface area (TPSA) is 53.3 Å². The lowest BCUT2D eigenvalue weighted by Gasteiger charge is -2.08. The van der Waals surface area contributed by atoms with Gasteiger partial charge >= 0.3 is 5.97 Å². The normalized spacial score (nSPS) is 8.91. The van der Waals surface area contributed by atoms with E-state index in [9.17, 15) is 4.79 Å². The van der Waals surface area contributed by atoms with Gasteiger partial charge in [0, 0.05) is 0 Å². The summed E-state index contributed by atoms with van der Waals surface area (Å²) in [5.41, 5.74) is -0.174. The van der Waals surface area contributed by atoms with E-state index in [0.717, 1.165) is 0 Å². The van der Waals surface area contributed by atoms with Crippen molar-refractivity contribution in [1.29, 1.82) is 5.26 Å². The van der Waals surface area contributed by atoms with Gasteiger partial charge in [0.05, 0.1) is 0 Å². The van der Waals surface area contributed by atoms with Crippen molar-refractivity contribution < 1.29 is 9.53 Å². The number of carbonyl (C=O) groups is 1. The van der Waals surface area contributed by atoms with Gasteiger partial charge in [-0.2, -0.15) is 5.26 Å². The molecule has 4 heteroatoms. The van der Waals surface area contributed by atoms with Crippen LogP contribution in [-0.4, -0.2) is 31.7 Å². The number of nitrogens with zero attached hydrogens (tertiary/aromatic N) is 2. The van der Waals surface area contributed by atoms with E-state index in [-0.39, 0.29) is 12.3 Å². The maximum atomic E-state index is 10.7. The molecule has 0 aromatic rings. The maximum absolute atomic E-state index is 10.7. The standard InChI is InChI=1S/C7H10N2O2/c1-6(4-8)7(10)11-5-9(2)3/h1,5H2,2-3H3. The fraction of sp³-hybridized carbons (Fsp3) is 0.429. The summed E-state index contributed by atoms with van der Waals surface area (Å²) < 4.78 is 4.62. The average Bonchev–Trinajstić information content (AvgIpc) is 1.98. The second-order valence-electron chi connectivity index (χ2n) is 2.23. The third-order valence-corrected chi connectivity index (χ3v) is 0.835. The van der Waals surface area contributed by atoms with Crippen molar-refractivity contribution in [2.24, 2.45) is 0 Å². The smallest absolute Gasteiger partial charge is 0.349 e. The quantitative estimate of drug-likeness (QED) is 0.251. The molecule has 0 rings (SSSR count). The Labute approximate surface area is 65.7 Å². The predicted molar refractivity (Wildman–Crippen MR) is 39.4 cm³/mol. The molecule has 4 nitrogen and oxygen atoms in total. The molecule has 0 amide bonds. The van der Waals surface area contributed by atoms with Crippen LogP contribution in [0.15, 0.2) is 12.2 Å². The zero-order valence-corrected chi connectivity index (χ0v) is 6.63. The summed E-state index contributed by atoms with van der Waals surface area (Å²) >= 11 is 0. The number of hydrogen-bond donors (Lipinski definition) is 0. The maximum Gasteiger partial charge on any atom is 0.349 e. The number of esters is 1. The van der Waals surface area contributed by atoms with Crippen LogP contribution in [-0.2, 0) is 9.53 Å². The Morgan fingerprint density at radius 3 is 2.64 bits per heavy atom. The van der Waals surface area contributed by atoms with Gasteiger partial charge in [0.25, 0.3) is 0 Å². The fourth-order valence-electron chi connectivity index (χ4n) is 0.320. The van der Waals surface area contributed by atoms with E-state index in [1.54, 1.807) is 25.1 Å². The minimum absolute atomic E-state index is 0.166. The highest BCUT2D eigenvalue weighted by molar-refractivity contribution is 5.91. The van der Waals surface area contributed by atoms with Gasteiger partial charge in [-0.3, -0.25) is 4.90 Å². The number of ether oxygens (including phenoxy) is 1. The molecule has 0 radical (unpaired) electrons. The molecule has 0 spiro atoms. The largest absolute Gasteiger partial charge is 0.445 e. The van der Waals surface area contributed by atoms with Crippen LogP contribution in [0.3, 0.4) is 0 Å². The summed E-state index contributed by atoms with van der Waals surface area (Å²) in [4.78, 5) is 12.4. The molecule has 0 bridgehead atoms. The van der Waals surface area contributed by atoms with Gasteiger partial charge in [0.15, 0.2) is 0 Å². The molecule has 0 unspecified atom stereocenters. The van der Waals surface area contributed by atoms with Crippen LogP contribution >= 0.6 is 0 Å². The monoisotopic (exact) mass is 154 g/mol. The molecule has 0 fully saturated rings. The minimum Gasteiger partial charge on any atom is -0.445 e. The van der Waals surface area contributed by atoms with Gasteiger partial charge in [-0.1, -0.05) is 6.58 Å². The van der Waals surface area contributed by atoms with Crippen molar-refractivity contribution in [3.8, 4) is 6.07 Å². The van der Waals surface area contributed by atoms with E-state index < -0.39 is 5.97 Å². The van der Waals surface area contributed by atoms with Crippen molar-refractivity contribution in [2.45, 2.75) is 0 Å². The van der Waals surface area contributed by atoms with Crippen LogP contribution in [0.25, 0.3) is 0 Å². The summed E-state index contributed by atoms with van der Waals surface area (Å²) in [6.07, 6.45) is 0. The number of nitriles is 1. The van der Waals surface area contributed by atoms with Gasteiger partial charge < -0.3 is 4.74 Å². The van der Waals surface area contributed by atoms with Gasteiger partial charge in [-0.15, -0.1) is 0 Å². The molecule has 11 heavy (non-hydrogen) atoms. The van der Waals surface area contributed by atoms with Crippen molar-refractivity contribution >= 4 is 5.97 Å². The lowest BCUT2D eigenvalue weighted by molar-refractivity contribution is -0.142. The molecule has 0 saturated heterocycles. The van der Waals surface area contributed by atoms with E-state index in [4.69, 9.17) is 5.26 Å². The molecular weight excluding hydrogens is 144 g/mol. The van der Waals surface area contributed by atoms with Crippen molar-refractivity contribution in [2.75, 3.05) is 20.8 Å². The molecule has 0 heterocycles. The molecule has 0 N–H and O–H groups in total. The van der Waals surface area contributed by atoms with Crippen molar-refractivity contribution in [1.82, 2.24) is 4.90 Å². The Morgan fingerprint density at radius 1 is 1.73 bits per heavy atom. The molecule has 0 aliphatic rings. The molecule has 0 aromatic heterocycles. The highest BCUT2D eigenvalue weighted by atomic mass is 16.5. The average molecular weight is 154 g/mol. The van der Waals surface area contributed by atoms with Crippen LogP contribution in [0.1, 0.15) is 0 Å². The minimum atomic E-state index is -0.666. The number of hydrogen-bond acceptors (Lipinski definition) is 4. The second-order valence-corrected chi connectivity index (χ2v) is 2.23. The summed E-state index contributed by atoms with van der Waals surface area (Å²) in [5, 5.41) is 8.21. The van der Waals surface area contributed by atoms with Gasteiger partial charge in [-0.05, 0) is 14.1 Å². The molecule has 0 aromatic carbocycles. The first kappa shape index (κ1) is 9.66. The third-order valence-electron chi connectivity index (χ3n) is 0.835. The lowest BCUT2D eigenvalue weighted by atomic mass is 10.3. The van der Waals surface area contributed by atoms with E-state index >= 15 is 0 Å². The van der Waals surface area contributed by atoms with Crippen LogP contribution in [0.4, 0.5) is 0 Å². The third kappa shape index (κ3) is 4.12. The molecule has 60 valence electrons. The lowest BCUT2D eigenvalue weighted by Crippen LogP contribution is -2.19. The molecule has 0 aliphatic carbocycles. The first-order chi connectivity index (χ1) is 5.07. The van der Waals surface area contributed by atoms with Crippen LogP contribution < -0.4 is 0 Å². The van der Waals surface area contributed by atoms with Crippen molar-refractivity contribution in [3.05, 3.63) is 12.2 Å². The van der Waals surface area contributed by atoms with Gasteiger partial charge in [-0.25, -0.2) is 4.79 Å². The highest BCUT2D eigenvalue weighted by Crippen LogP contribution is 1.91. The van der Waals surface area contributed by atoms with E-state index in [0.29, 0.717) is 0 Å². The Kier molecular flexibility index (Phi) is 3.93. The van der Waals surface area contributed by atoms with E-state index in [1.807, 2.05) is 0 Å². The van der Waals surface area contributed by atoms with Crippen LogP contribution in [0, 0.1) is 11.3 Å². The molecule has 0 aliphatic heterocycles. The van der Waals surface area contributed by atoms with Crippen LogP contribution in [0.5, 0.6) is 0 Å². The van der Waals surface area contributed by atoms with Crippen molar-refractivity contribution in [3.63, 3.8) is 0 Å². The SMILES string of the molecule is C=C(C#N)C(=O)OCN(C)C. The zero-order chi connectivity index (χ0) is 8.85. The Morgan fingerprint density at radius 2 is 2.27 bits per heavy atom. The summed E-state index contributed by atoms with van der Waals surface area (Å²) in [6.45, 7) is 3.36. The summed E-state index contributed by atoms with van der Waals surface area (Å²) in [5.74, 6) is -0.666. The number of carbonyl (C=O) groups excluding carboxylic acids is 1. The molecular formula is C7H10N2O2. The van der Waals surface area contributed by atoms with Crippen LogP contribution in [0.2, 0.25) is 0 Å². The number of rotatable bonds is 3. The Balaban J connectivity index is 3.73. The van der Waals surface area contributed by atoms with E-state index in [2.05, 4.69) is 11.3 Å². The zero-order valence-electron chi connectivity index (χ0n) is 6.63. The Bertz CT molecular complexity index is 203. The van der Waals surface area contributed by atoms with E-state index in [1.165, 1.54) is 0 Å². The predicted octanol–water partition coefficient (Wildman–Crippen LogP) is 0.128. The Hall–Kier alpha value is -1.34. The summed E-state index contributed by atoms with van der Waals surface area (Å²) in [6, 6.07) is 1.60. The fourth-order valence-corrected chi connectivity index (χ4v) is 0.320. The molecule has 0 atom stereocenters. The summed E-state index contributed by atoms with van der Waals surface area (Å²) in [7, 11) is 3.50. The molecule has 0 saturated carbocycles. The van der Waals surface area contributed by atoms with Gasteiger partial charge in [0.2, 0.25) is 0 Å².